The van der Waals surface area contributed by atoms with Crippen molar-refractivity contribution >= 4 is 44.1 Å². The predicted octanol–water partition coefficient (Wildman–Crippen LogP) is 5.55. The number of rotatable bonds is 4. The first kappa shape index (κ1) is 21.9. The molecule has 34 heavy (non-hydrogen) atoms. The summed E-state index contributed by atoms with van der Waals surface area (Å²) in [5.41, 5.74) is 4.07. The van der Waals surface area contributed by atoms with Crippen molar-refractivity contribution in [2.75, 3.05) is 12.0 Å². The number of ketones is 1. The number of thiazole rings is 1. The van der Waals surface area contributed by atoms with Gasteiger partial charge in [-0.2, -0.15) is 0 Å². The van der Waals surface area contributed by atoms with Gasteiger partial charge in [0.05, 0.1) is 28.9 Å². The molecule has 1 aliphatic rings. The van der Waals surface area contributed by atoms with Gasteiger partial charge in [-0.3, -0.25) is 14.5 Å². The van der Waals surface area contributed by atoms with Crippen LogP contribution in [0.25, 0.3) is 16.0 Å². The Bertz CT molecular complexity index is 1450. The van der Waals surface area contributed by atoms with E-state index in [9.17, 15) is 14.7 Å². The zero-order chi connectivity index (χ0) is 24.0. The second kappa shape index (κ2) is 8.43. The lowest BCUT2D eigenvalue weighted by Gasteiger charge is -2.23. The van der Waals surface area contributed by atoms with Crippen LogP contribution in [0.3, 0.4) is 0 Å². The zero-order valence-electron chi connectivity index (χ0n) is 18.9. The van der Waals surface area contributed by atoms with Crippen molar-refractivity contribution in [3.05, 3.63) is 94.6 Å². The number of anilines is 1. The first-order valence-corrected chi connectivity index (χ1v) is 11.6. The van der Waals surface area contributed by atoms with E-state index in [0.717, 1.165) is 26.9 Å². The van der Waals surface area contributed by atoms with E-state index < -0.39 is 17.7 Å². The smallest absolute Gasteiger partial charge is 0.301 e. The maximum atomic E-state index is 13.3. The summed E-state index contributed by atoms with van der Waals surface area (Å²) in [5, 5.41) is 11.6. The Labute approximate surface area is 200 Å². The van der Waals surface area contributed by atoms with Crippen LogP contribution in [0.2, 0.25) is 0 Å². The van der Waals surface area contributed by atoms with Crippen molar-refractivity contribution in [2.45, 2.75) is 19.9 Å². The van der Waals surface area contributed by atoms with Gasteiger partial charge in [-0.25, -0.2) is 4.98 Å². The second-order valence-corrected chi connectivity index (χ2v) is 9.29. The van der Waals surface area contributed by atoms with E-state index in [4.69, 9.17) is 4.74 Å². The summed E-state index contributed by atoms with van der Waals surface area (Å²) in [4.78, 5) is 32.7. The van der Waals surface area contributed by atoms with E-state index in [0.29, 0.717) is 16.4 Å². The molecule has 5 rings (SSSR count). The van der Waals surface area contributed by atoms with Crippen LogP contribution in [0.4, 0.5) is 5.13 Å². The number of amides is 1. The van der Waals surface area contributed by atoms with Gasteiger partial charge in [0.25, 0.3) is 5.78 Å². The van der Waals surface area contributed by atoms with Gasteiger partial charge in [0.2, 0.25) is 0 Å². The number of Topliss-reactive ketones (excluding diaryl/α,β-unsaturated/α-hetero) is 1. The van der Waals surface area contributed by atoms with Crippen molar-refractivity contribution in [2.24, 2.45) is 0 Å². The molecule has 2 heterocycles. The minimum atomic E-state index is -0.802. The van der Waals surface area contributed by atoms with Crippen LogP contribution < -0.4 is 9.64 Å². The molecule has 4 aromatic rings. The van der Waals surface area contributed by atoms with E-state index in [1.54, 1.807) is 31.4 Å². The highest BCUT2D eigenvalue weighted by molar-refractivity contribution is 7.22. The molecule has 0 radical (unpaired) electrons. The Kier molecular flexibility index (Phi) is 5.42. The maximum Gasteiger partial charge on any atom is 0.301 e. The largest absolute Gasteiger partial charge is 0.507 e. The van der Waals surface area contributed by atoms with Gasteiger partial charge in [0, 0.05) is 5.56 Å². The topological polar surface area (TPSA) is 79.7 Å². The number of aromatic nitrogens is 1. The molecule has 1 N–H and O–H groups in total. The fourth-order valence-electron chi connectivity index (χ4n) is 4.12. The fourth-order valence-corrected chi connectivity index (χ4v) is 5.21. The Morgan fingerprint density at radius 1 is 0.971 bits per heavy atom. The third-order valence-electron chi connectivity index (χ3n) is 5.94. The summed E-state index contributed by atoms with van der Waals surface area (Å²) >= 11 is 1.35. The summed E-state index contributed by atoms with van der Waals surface area (Å²) in [6.07, 6.45) is 0. The molecule has 1 amide bonds. The van der Waals surface area contributed by atoms with Crippen molar-refractivity contribution in [1.29, 1.82) is 0 Å². The number of benzene rings is 3. The SMILES string of the molecule is COc1ccc(C(O)=C2C(=O)C(=O)N(c3nc4ccc(C)cc4s3)[C@H]2c2ccc(C)cc2)cc1. The first-order chi connectivity index (χ1) is 16.4. The van der Waals surface area contributed by atoms with Crippen LogP contribution >= 0.6 is 11.3 Å². The minimum Gasteiger partial charge on any atom is -0.507 e. The number of hydrogen-bond donors (Lipinski definition) is 1. The van der Waals surface area contributed by atoms with Gasteiger partial charge in [-0.15, -0.1) is 0 Å². The second-order valence-electron chi connectivity index (χ2n) is 8.28. The van der Waals surface area contributed by atoms with Crippen molar-refractivity contribution in [3.8, 4) is 5.75 Å². The molecule has 1 aliphatic heterocycles. The Balaban J connectivity index is 1.71. The van der Waals surface area contributed by atoms with Gasteiger partial charge in [0.15, 0.2) is 5.13 Å². The fraction of sp³-hybridized carbons (Fsp3) is 0.148. The van der Waals surface area contributed by atoms with Gasteiger partial charge in [-0.1, -0.05) is 47.2 Å². The molecule has 1 fully saturated rings. The zero-order valence-corrected chi connectivity index (χ0v) is 19.7. The molecular formula is C27H22N2O4S. The predicted molar refractivity (Wildman–Crippen MR) is 133 cm³/mol. The average molecular weight is 471 g/mol. The third kappa shape index (κ3) is 3.64. The van der Waals surface area contributed by atoms with Crippen LogP contribution in [0.5, 0.6) is 5.75 Å². The number of carbonyl (C=O) groups is 2. The van der Waals surface area contributed by atoms with E-state index in [1.165, 1.54) is 16.2 Å². The molecule has 0 aliphatic carbocycles. The summed E-state index contributed by atoms with van der Waals surface area (Å²) in [7, 11) is 1.55. The Morgan fingerprint density at radius 2 is 1.65 bits per heavy atom. The quantitative estimate of drug-likeness (QED) is 0.240. The Hall–Kier alpha value is -3.97. The van der Waals surface area contributed by atoms with Crippen molar-refractivity contribution in [1.82, 2.24) is 4.98 Å². The lowest BCUT2D eigenvalue weighted by molar-refractivity contribution is -0.132. The molecule has 1 saturated heterocycles. The molecular weight excluding hydrogens is 448 g/mol. The monoisotopic (exact) mass is 470 g/mol. The number of nitrogens with zero attached hydrogens (tertiary/aromatic N) is 2. The summed E-state index contributed by atoms with van der Waals surface area (Å²) < 4.78 is 6.12. The highest BCUT2D eigenvalue weighted by Gasteiger charge is 2.48. The lowest BCUT2D eigenvalue weighted by atomic mass is 9.95. The number of aliphatic hydroxyl groups is 1. The van der Waals surface area contributed by atoms with Crippen LogP contribution in [0.1, 0.15) is 28.3 Å². The van der Waals surface area contributed by atoms with Crippen LogP contribution in [-0.2, 0) is 9.59 Å². The molecule has 1 atom stereocenters. The number of hydrogen-bond acceptors (Lipinski definition) is 6. The number of aryl methyl sites for hydroxylation is 2. The van der Waals surface area contributed by atoms with E-state index in [-0.39, 0.29) is 11.3 Å². The lowest BCUT2D eigenvalue weighted by Crippen LogP contribution is -2.29. The number of aliphatic hydroxyl groups excluding tert-OH is 1. The van der Waals surface area contributed by atoms with Gasteiger partial charge in [-0.05, 0) is 61.4 Å². The number of methoxy groups -OCH3 is 1. The van der Waals surface area contributed by atoms with Gasteiger partial charge < -0.3 is 9.84 Å². The summed E-state index contributed by atoms with van der Waals surface area (Å²) in [6.45, 7) is 3.96. The highest BCUT2D eigenvalue weighted by atomic mass is 32.1. The van der Waals surface area contributed by atoms with E-state index in [1.807, 2.05) is 56.3 Å². The van der Waals surface area contributed by atoms with E-state index >= 15 is 0 Å². The van der Waals surface area contributed by atoms with Crippen LogP contribution in [0, 0.1) is 13.8 Å². The molecule has 0 unspecified atom stereocenters. The molecule has 6 nitrogen and oxygen atoms in total. The Morgan fingerprint density at radius 3 is 2.32 bits per heavy atom. The molecule has 0 saturated carbocycles. The minimum absolute atomic E-state index is 0.0365. The van der Waals surface area contributed by atoms with Crippen LogP contribution in [-0.4, -0.2) is 28.9 Å². The van der Waals surface area contributed by atoms with Crippen molar-refractivity contribution in [3.63, 3.8) is 0 Å². The third-order valence-corrected chi connectivity index (χ3v) is 6.96. The number of fused-ring (bicyclic) bond motifs is 1. The van der Waals surface area contributed by atoms with E-state index in [2.05, 4.69) is 4.98 Å². The molecule has 1 aromatic heterocycles. The first-order valence-electron chi connectivity index (χ1n) is 10.8. The molecule has 0 bridgehead atoms. The number of carbonyl (C=O) groups excluding carboxylic acids is 2. The summed E-state index contributed by atoms with van der Waals surface area (Å²) in [5.74, 6) is -1.06. The average Bonchev–Trinajstić information content (AvgIpc) is 3.37. The molecule has 3 aromatic carbocycles. The molecule has 0 spiro atoms. The maximum absolute atomic E-state index is 13.3. The molecule has 7 heteroatoms. The van der Waals surface area contributed by atoms with Crippen LogP contribution in [0.15, 0.2) is 72.3 Å². The number of ether oxygens (including phenoxy) is 1. The standard InChI is InChI=1S/C27H22N2O4S/c1-15-4-7-17(8-5-15)23-22(24(30)18-9-11-19(33-3)12-10-18)25(31)26(32)29(23)27-28-20-13-6-16(2)14-21(20)34-27/h4-14,23,30H,1-3H3/t23-/m0/s1. The highest BCUT2D eigenvalue weighted by Crippen LogP contribution is 2.44. The van der Waals surface area contributed by atoms with Gasteiger partial charge in [0.1, 0.15) is 11.5 Å². The van der Waals surface area contributed by atoms with Crippen molar-refractivity contribution < 1.29 is 19.4 Å². The normalized spacial score (nSPS) is 17.5. The summed E-state index contributed by atoms with van der Waals surface area (Å²) in [6, 6.07) is 19.4. The van der Waals surface area contributed by atoms with Gasteiger partial charge >= 0.3 is 5.91 Å². The molecule has 170 valence electrons.